The van der Waals surface area contributed by atoms with Crippen LogP contribution in [0.25, 0.3) is 0 Å². The molecule has 0 saturated carbocycles. The highest BCUT2D eigenvalue weighted by molar-refractivity contribution is 7.14. The predicted molar refractivity (Wildman–Crippen MR) is 112 cm³/mol. The molecule has 2 heterocycles. The average Bonchev–Trinajstić information content (AvgIpc) is 3.27. The fourth-order valence-corrected chi connectivity index (χ4v) is 4.42. The molecule has 6 heteroatoms. The Hall–Kier alpha value is -3.25. The van der Waals surface area contributed by atoms with Crippen LogP contribution in [-0.2, 0) is 16.8 Å². The average molecular weight is 404 g/mol. The number of amides is 3. The molecule has 1 atom stereocenters. The van der Waals surface area contributed by atoms with Crippen LogP contribution in [0.1, 0.15) is 25.7 Å². The van der Waals surface area contributed by atoms with Gasteiger partial charge in [0.15, 0.2) is 11.3 Å². The van der Waals surface area contributed by atoms with Crippen LogP contribution in [0.3, 0.4) is 0 Å². The quantitative estimate of drug-likeness (QED) is 0.500. The largest absolute Gasteiger partial charge is 0.325 e. The van der Waals surface area contributed by atoms with Crippen molar-refractivity contribution in [3.05, 3.63) is 93.7 Å². The lowest BCUT2D eigenvalue weighted by Gasteiger charge is -2.27. The Balaban J connectivity index is 1.68. The number of thiophene rings is 1. The van der Waals surface area contributed by atoms with Gasteiger partial charge in [-0.25, -0.2) is 4.79 Å². The second-order valence-corrected chi connectivity index (χ2v) is 8.38. The van der Waals surface area contributed by atoms with E-state index in [1.54, 1.807) is 6.07 Å². The second-order valence-electron chi connectivity index (χ2n) is 7.09. The fraction of sp³-hybridized carbons (Fsp3) is 0.174. The van der Waals surface area contributed by atoms with Gasteiger partial charge in [0.25, 0.3) is 5.91 Å². The zero-order valence-corrected chi connectivity index (χ0v) is 16.7. The predicted octanol–water partition coefficient (Wildman–Crippen LogP) is 3.93. The van der Waals surface area contributed by atoms with Crippen molar-refractivity contribution in [2.24, 2.45) is 0 Å². The van der Waals surface area contributed by atoms with Gasteiger partial charge in [0, 0.05) is 11.3 Å². The van der Waals surface area contributed by atoms with Crippen molar-refractivity contribution in [1.29, 1.82) is 0 Å². The lowest BCUT2D eigenvalue weighted by molar-refractivity contribution is -0.131. The molecule has 2 aromatic carbocycles. The van der Waals surface area contributed by atoms with Gasteiger partial charge in [-0.2, -0.15) is 0 Å². The molecule has 146 valence electrons. The number of benzene rings is 2. The van der Waals surface area contributed by atoms with Gasteiger partial charge in [-0.05, 0) is 30.2 Å². The summed E-state index contributed by atoms with van der Waals surface area (Å²) in [7, 11) is 0. The molecule has 5 nitrogen and oxygen atoms in total. The minimum absolute atomic E-state index is 0.241. The molecule has 0 radical (unpaired) electrons. The monoisotopic (exact) mass is 404 g/mol. The third-order valence-electron chi connectivity index (χ3n) is 5.07. The molecule has 1 aliphatic heterocycles. The van der Waals surface area contributed by atoms with E-state index < -0.39 is 17.5 Å². The number of ketones is 1. The summed E-state index contributed by atoms with van der Waals surface area (Å²) in [6.07, 6.45) is 0.311. The number of rotatable bonds is 6. The van der Waals surface area contributed by atoms with Crippen molar-refractivity contribution >= 4 is 29.1 Å². The number of hydrogen-bond donors (Lipinski definition) is 1. The summed E-state index contributed by atoms with van der Waals surface area (Å²) in [5.74, 6) is -0.644. The lowest BCUT2D eigenvalue weighted by atomic mass is 9.83. The Labute approximate surface area is 173 Å². The van der Waals surface area contributed by atoms with E-state index in [2.05, 4.69) is 5.32 Å². The van der Waals surface area contributed by atoms with Crippen molar-refractivity contribution in [1.82, 2.24) is 10.2 Å². The summed E-state index contributed by atoms with van der Waals surface area (Å²) in [4.78, 5) is 41.5. The van der Waals surface area contributed by atoms with Gasteiger partial charge in [0.2, 0.25) is 0 Å². The normalized spacial score (nSPS) is 18.7. The van der Waals surface area contributed by atoms with Crippen LogP contribution in [0.4, 0.5) is 4.79 Å². The fourth-order valence-electron chi connectivity index (χ4n) is 3.62. The van der Waals surface area contributed by atoms with Gasteiger partial charge in [-0.3, -0.25) is 14.5 Å². The summed E-state index contributed by atoms with van der Waals surface area (Å²) < 4.78 is 0. The van der Waals surface area contributed by atoms with E-state index in [1.165, 1.54) is 11.3 Å². The Morgan fingerprint density at radius 3 is 2.24 bits per heavy atom. The Morgan fingerprint density at radius 2 is 1.62 bits per heavy atom. The first-order valence-corrected chi connectivity index (χ1v) is 10.1. The highest BCUT2D eigenvalue weighted by Crippen LogP contribution is 2.33. The van der Waals surface area contributed by atoms with E-state index in [0.29, 0.717) is 16.9 Å². The number of carbonyl (C=O) groups is 3. The molecule has 1 unspecified atom stereocenters. The van der Waals surface area contributed by atoms with Crippen molar-refractivity contribution in [2.75, 3.05) is 6.54 Å². The first-order valence-electron chi connectivity index (χ1n) is 9.33. The molecule has 3 amide bonds. The molecule has 0 bridgehead atoms. The molecular weight excluding hydrogens is 384 g/mol. The second kappa shape index (κ2) is 7.64. The zero-order chi connectivity index (χ0) is 20.4. The van der Waals surface area contributed by atoms with Crippen LogP contribution >= 0.6 is 11.3 Å². The van der Waals surface area contributed by atoms with Crippen molar-refractivity contribution < 1.29 is 14.4 Å². The summed E-state index contributed by atoms with van der Waals surface area (Å²) in [6, 6.07) is 21.8. The minimum Gasteiger partial charge on any atom is -0.319 e. The molecule has 29 heavy (non-hydrogen) atoms. The maximum absolute atomic E-state index is 13.5. The maximum atomic E-state index is 13.5. The Bertz CT molecular complexity index is 1060. The number of Topliss-reactive ketones (excluding diaryl/α,β-unsaturated/α-hetero) is 1. The molecule has 1 N–H and O–H groups in total. The molecule has 1 aromatic heterocycles. The van der Waals surface area contributed by atoms with Gasteiger partial charge in [-0.15, -0.1) is 11.3 Å². The van der Waals surface area contributed by atoms with E-state index in [4.69, 9.17) is 0 Å². The van der Waals surface area contributed by atoms with Crippen LogP contribution in [0.15, 0.2) is 72.8 Å². The summed E-state index contributed by atoms with van der Waals surface area (Å²) >= 11 is 1.36. The summed E-state index contributed by atoms with van der Waals surface area (Å²) in [6.45, 7) is 1.64. The van der Waals surface area contributed by atoms with Gasteiger partial charge in [-0.1, -0.05) is 60.7 Å². The summed E-state index contributed by atoms with van der Waals surface area (Å²) in [5, 5.41) is 2.88. The van der Waals surface area contributed by atoms with Crippen LogP contribution in [-0.4, -0.2) is 29.2 Å². The Morgan fingerprint density at radius 1 is 0.966 bits per heavy atom. The standard InChI is InChI=1S/C23H20N2O3S/c1-16-12-13-20(29-16)19(26)15-25-21(27)23(24-22(25)28,18-10-6-3-7-11-18)14-17-8-4-2-5-9-17/h2-13H,14-15H2,1H3,(H,24,28). The smallest absolute Gasteiger partial charge is 0.319 e. The van der Waals surface area contributed by atoms with E-state index in [9.17, 15) is 14.4 Å². The molecule has 1 saturated heterocycles. The highest BCUT2D eigenvalue weighted by atomic mass is 32.1. The first-order chi connectivity index (χ1) is 14.0. The molecule has 1 fully saturated rings. The number of aryl methyl sites for hydroxylation is 1. The number of carbonyl (C=O) groups excluding carboxylic acids is 3. The van der Waals surface area contributed by atoms with Crippen LogP contribution in [0, 0.1) is 6.92 Å². The number of urea groups is 1. The van der Waals surface area contributed by atoms with Gasteiger partial charge in [0.1, 0.15) is 0 Å². The molecule has 3 aromatic rings. The Kier molecular flexibility index (Phi) is 5.03. The molecular formula is C23H20N2O3S. The van der Waals surface area contributed by atoms with Crippen LogP contribution in [0.2, 0.25) is 0 Å². The molecule has 4 rings (SSSR count). The number of nitrogens with zero attached hydrogens (tertiary/aromatic N) is 1. The summed E-state index contributed by atoms with van der Waals surface area (Å²) in [5.41, 5.74) is 0.391. The van der Waals surface area contributed by atoms with Crippen molar-refractivity contribution in [3.8, 4) is 0 Å². The third-order valence-corrected chi connectivity index (χ3v) is 6.11. The van der Waals surface area contributed by atoms with Gasteiger partial charge < -0.3 is 5.32 Å². The van der Waals surface area contributed by atoms with E-state index >= 15 is 0 Å². The zero-order valence-electron chi connectivity index (χ0n) is 15.9. The van der Waals surface area contributed by atoms with Crippen LogP contribution < -0.4 is 5.32 Å². The highest BCUT2D eigenvalue weighted by Gasteiger charge is 2.52. The third kappa shape index (κ3) is 3.59. The van der Waals surface area contributed by atoms with Crippen molar-refractivity contribution in [3.63, 3.8) is 0 Å². The lowest BCUT2D eigenvalue weighted by Crippen LogP contribution is -2.46. The maximum Gasteiger partial charge on any atom is 0.325 e. The number of nitrogens with one attached hydrogen (secondary N) is 1. The van der Waals surface area contributed by atoms with Crippen molar-refractivity contribution in [2.45, 2.75) is 18.9 Å². The van der Waals surface area contributed by atoms with Gasteiger partial charge in [0.05, 0.1) is 11.4 Å². The number of imide groups is 1. The van der Waals surface area contributed by atoms with Crippen LogP contribution in [0.5, 0.6) is 0 Å². The van der Waals surface area contributed by atoms with E-state index in [0.717, 1.165) is 15.3 Å². The topological polar surface area (TPSA) is 66.5 Å². The van der Waals surface area contributed by atoms with Gasteiger partial charge >= 0.3 is 6.03 Å². The molecule has 0 spiro atoms. The molecule has 0 aliphatic carbocycles. The van der Waals surface area contributed by atoms with E-state index in [-0.39, 0.29) is 12.3 Å². The minimum atomic E-state index is -1.23. The SMILES string of the molecule is Cc1ccc(C(=O)CN2C(=O)NC(Cc3ccccc3)(c3ccccc3)C2=O)s1. The first kappa shape index (κ1) is 19.1. The molecule has 1 aliphatic rings. The van der Waals surface area contributed by atoms with E-state index in [1.807, 2.05) is 73.7 Å². The number of hydrogen-bond acceptors (Lipinski definition) is 4.